The van der Waals surface area contributed by atoms with Crippen molar-refractivity contribution in [3.05, 3.63) is 48.3 Å². The molecule has 1 N–H and O–H groups in total. The Morgan fingerprint density at radius 2 is 2.00 bits per heavy atom. The lowest BCUT2D eigenvalue weighted by atomic mass is 10.3. The summed E-state index contributed by atoms with van der Waals surface area (Å²) in [5.74, 6) is -2.17. The van der Waals surface area contributed by atoms with E-state index in [1.165, 1.54) is 12.4 Å². The molecule has 1 heterocycles. The first-order valence-corrected chi connectivity index (χ1v) is 5.30. The summed E-state index contributed by atoms with van der Waals surface area (Å²) in [4.78, 5) is 19.0. The first kappa shape index (κ1) is 12.9. The fraction of sp³-hybridized carbons (Fsp3) is 0.0833. The molecule has 0 unspecified atom stereocenters. The second-order valence-electron chi connectivity index (χ2n) is 3.49. The maximum atomic E-state index is 13.3. The summed E-state index contributed by atoms with van der Waals surface area (Å²) in [7, 11) is 0. The Balaban J connectivity index is 1.91. The molecule has 0 aliphatic rings. The molecule has 0 saturated carbocycles. The standard InChI is InChI=1S/C12H9F2N3O2/c13-8-2-3-10(9(14)6-8)17-11(18)7-19-12-15-4-1-5-16-12/h1-6H,7H2,(H,17,18). The SMILES string of the molecule is O=C(COc1ncccn1)Nc1ccc(F)cc1F. The van der Waals surface area contributed by atoms with E-state index in [2.05, 4.69) is 15.3 Å². The van der Waals surface area contributed by atoms with Crippen molar-refractivity contribution in [3.8, 4) is 6.01 Å². The number of anilines is 1. The number of ether oxygens (including phenoxy) is 1. The Morgan fingerprint density at radius 3 is 2.68 bits per heavy atom. The number of hydrogen-bond donors (Lipinski definition) is 1. The van der Waals surface area contributed by atoms with Gasteiger partial charge in [-0.15, -0.1) is 0 Å². The molecule has 1 aromatic heterocycles. The van der Waals surface area contributed by atoms with Gasteiger partial charge in [0.1, 0.15) is 11.6 Å². The Bertz CT molecular complexity index is 578. The van der Waals surface area contributed by atoms with Crippen molar-refractivity contribution in [1.29, 1.82) is 0 Å². The number of nitrogens with one attached hydrogen (secondary N) is 1. The largest absolute Gasteiger partial charge is 0.453 e. The molecule has 1 amide bonds. The molecule has 2 rings (SSSR count). The van der Waals surface area contributed by atoms with Gasteiger partial charge < -0.3 is 10.1 Å². The highest BCUT2D eigenvalue weighted by Gasteiger charge is 2.09. The monoisotopic (exact) mass is 265 g/mol. The second kappa shape index (κ2) is 5.85. The van der Waals surface area contributed by atoms with Gasteiger partial charge in [0.2, 0.25) is 0 Å². The molecule has 0 bridgehead atoms. The Kier molecular flexibility index (Phi) is 3.97. The maximum Gasteiger partial charge on any atom is 0.316 e. The van der Waals surface area contributed by atoms with Crippen molar-refractivity contribution in [2.45, 2.75) is 0 Å². The third-order valence-electron chi connectivity index (χ3n) is 2.08. The third kappa shape index (κ3) is 3.70. The second-order valence-corrected chi connectivity index (χ2v) is 3.49. The predicted octanol–water partition coefficient (Wildman–Crippen LogP) is 1.77. The van der Waals surface area contributed by atoms with Crippen molar-refractivity contribution >= 4 is 11.6 Å². The number of carbonyl (C=O) groups is 1. The Labute approximate surface area is 107 Å². The number of hydrogen-bond acceptors (Lipinski definition) is 4. The Morgan fingerprint density at radius 1 is 1.26 bits per heavy atom. The van der Waals surface area contributed by atoms with Gasteiger partial charge in [-0.1, -0.05) is 0 Å². The van der Waals surface area contributed by atoms with E-state index in [0.29, 0.717) is 6.07 Å². The number of benzene rings is 1. The highest BCUT2D eigenvalue weighted by molar-refractivity contribution is 5.91. The van der Waals surface area contributed by atoms with Crippen LogP contribution in [0.2, 0.25) is 0 Å². The molecule has 0 atom stereocenters. The van der Waals surface area contributed by atoms with E-state index in [1.54, 1.807) is 6.07 Å². The average Bonchev–Trinajstić information content (AvgIpc) is 2.41. The van der Waals surface area contributed by atoms with Gasteiger partial charge in [-0.25, -0.2) is 18.7 Å². The van der Waals surface area contributed by atoms with Gasteiger partial charge in [-0.05, 0) is 18.2 Å². The molecule has 0 radical (unpaired) electrons. The molecule has 0 spiro atoms. The fourth-order valence-corrected chi connectivity index (χ4v) is 1.27. The topological polar surface area (TPSA) is 64.1 Å². The van der Waals surface area contributed by atoms with E-state index in [9.17, 15) is 13.6 Å². The van der Waals surface area contributed by atoms with Crippen LogP contribution >= 0.6 is 0 Å². The average molecular weight is 265 g/mol. The lowest BCUT2D eigenvalue weighted by Gasteiger charge is -2.06. The van der Waals surface area contributed by atoms with Gasteiger partial charge in [0.05, 0.1) is 5.69 Å². The molecule has 0 fully saturated rings. The molecular formula is C12H9F2N3O2. The van der Waals surface area contributed by atoms with E-state index >= 15 is 0 Å². The van der Waals surface area contributed by atoms with Gasteiger partial charge in [0.15, 0.2) is 6.61 Å². The number of nitrogens with zero attached hydrogens (tertiary/aromatic N) is 2. The molecular weight excluding hydrogens is 256 g/mol. The number of carbonyl (C=O) groups excluding carboxylic acids is 1. The van der Waals surface area contributed by atoms with Crippen LogP contribution in [0.3, 0.4) is 0 Å². The van der Waals surface area contributed by atoms with Crippen LogP contribution in [0.25, 0.3) is 0 Å². The van der Waals surface area contributed by atoms with Crippen LogP contribution in [-0.4, -0.2) is 22.5 Å². The third-order valence-corrected chi connectivity index (χ3v) is 2.08. The highest BCUT2D eigenvalue weighted by Crippen LogP contribution is 2.14. The summed E-state index contributed by atoms with van der Waals surface area (Å²) >= 11 is 0. The molecule has 19 heavy (non-hydrogen) atoms. The number of rotatable bonds is 4. The first-order chi connectivity index (χ1) is 9.15. The molecule has 2 aromatic rings. The molecule has 7 heteroatoms. The van der Waals surface area contributed by atoms with Gasteiger partial charge in [0, 0.05) is 18.5 Å². The van der Waals surface area contributed by atoms with E-state index in [-0.39, 0.29) is 18.3 Å². The summed E-state index contributed by atoms with van der Waals surface area (Å²) in [5.41, 5.74) is -0.121. The minimum Gasteiger partial charge on any atom is -0.453 e. The van der Waals surface area contributed by atoms with E-state index in [1.807, 2.05) is 0 Å². The van der Waals surface area contributed by atoms with Crippen LogP contribution in [0.5, 0.6) is 6.01 Å². The quantitative estimate of drug-likeness (QED) is 0.915. The first-order valence-electron chi connectivity index (χ1n) is 5.30. The van der Waals surface area contributed by atoms with Crippen LogP contribution in [0.15, 0.2) is 36.7 Å². The lowest BCUT2D eigenvalue weighted by molar-refractivity contribution is -0.118. The number of aromatic nitrogens is 2. The van der Waals surface area contributed by atoms with Crippen LogP contribution in [0.4, 0.5) is 14.5 Å². The zero-order valence-corrected chi connectivity index (χ0v) is 9.64. The summed E-state index contributed by atoms with van der Waals surface area (Å²) in [5, 5.41) is 2.25. The highest BCUT2D eigenvalue weighted by atomic mass is 19.1. The molecule has 98 valence electrons. The van der Waals surface area contributed by atoms with Crippen molar-refractivity contribution in [3.63, 3.8) is 0 Å². The Hall–Kier alpha value is -2.57. The fourth-order valence-electron chi connectivity index (χ4n) is 1.27. The smallest absolute Gasteiger partial charge is 0.316 e. The van der Waals surface area contributed by atoms with E-state index in [0.717, 1.165) is 12.1 Å². The van der Waals surface area contributed by atoms with Crippen molar-refractivity contribution in [2.75, 3.05) is 11.9 Å². The van der Waals surface area contributed by atoms with Crippen molar-refractivity contribution in [1.82, 2.24) is 9.97 Å². The van der Waals surface area contributed by atoms with Crippen LogP contribution < -0.4 is 10.1 Å². The molecule has 5 nitrogen and oxygen atoms in total. The summed E-state index contributed by atoms with van der Waals surface area (Å²) in [6.45, 7) is -0.374. The predicted molar refractivity (Wildman–Crippen MR) is 62.5 cm³/mol. The van der Waals surface area contributed by atoms with Crippen molar-refractivity contribution in [2.24, 2.45) is 0 Å². The van der Waals surface area contributed by atoms with E-state index in [4.69, 9.17) is 4.74 Å². The van der Waals surface area contributed by atoms with Gasteiger partial charge in [-0.2, -0.15) is 0 Å². The zero-order valence-electron chi connectivity index (χ0n) is 9.64. The number of amides is 1. The maximum absolute atomic E-state index is 13.3. The molecule has 0 aliphatic carbocycles. The van der Waals surface area contributed by atoms with E-state index < -0.39 is 17.5 Å². The van der Waals surface area contributed by atoms with Crippen LogP contribution in [-0.2, 0) is 4.79 Å². The molecule has 1 aromatic carbocycles. The van der Waals surface area contributed by atoms with Crippen molar-refractivity contribution < 1.29 is 18.3 Å². The van der Waals surface area contributed by atoms with Crippen LogP contribution in [0, 0.1) is 11.6 Å². The van der Waals surface area contributed by atoms with Gasteiger partial charge >= 0.3 is 6.01 Å². The van der Waals surface area contributed by atoms with Gasteiger partial charge in [0.25, 0.3) is 5.91 Å². The zero-order chi connectivity index (χ0) is 13.7. The van der Waals surface area contributed by atoms with Gasteiger partial charge in [-0.3, -0.25) is 4.79 Å². The normalized spacial score (nSPS) is 10.0. The lowest BCUT2D eigenvalue weighted by Crippen LogP contribution is -2.21. The minimum atomic E-state index is -0.857. The summed E-state index contributed by atoms with van der Waals surface area (Å²) in [6.07, 6.45) is 2.92. The number of halogens is 2. The summed E-state index contributed by atoms with van der Waals surface area (Å²) < 4.78 is 30.9. The molecule has 0 saturated heterocycles. The minimum absolute atomic E-state index is 0.0391. The van der Waals surface area contributed by atoms with Crippen LogP contribution in [0.1, 0.15) is 0 Å². The molecule has 0 aliphatic heterocycles. The summed E-state index contributed by atoms with van der Waals surface area (Å²) in [6, 6.07) is 4.48.